The van der Waals surface area contributed by atoms with Gasteiger partial charge in [-0.3, -0.25) is 4.79 Å². The highest BCUT2D eigenvalue weighted by Crippen LogP contribution is 2.09. The minimum absolute atomic E-state index is 0.0154. The van der Waals surface area contributed by atoms with Crippen LogP contribution in [0.1, 0.15) is 19.4 Å². The maximum absolute atomic E-state index is 11.9. The van der Waals surface area contributed by atoms with E-state index in [2.05, 4.69) is 30.2 Å². The average Bonchev–Trinajstić information content (AvgIpc) is 2.34. The maximum Gasteiger partial charge on any atom is 0.252 e. The summed E-state index contributed by atoms with van der Waals surface area (Å²) in [6, 6.07) is 9.76. The van der Waals surface area contributed by atoms with Gasteiger partial charge in [0.15, 0.2) is 0 Å². The Labute approximate surface area is 107 Å². The van der Waals surface area contributed by atoms with Crippen LogP contribution >= 0.6 is 0 Å². The molecular weight excluding hydrogens is 224 g/mol. The van der Waals surface area contributed by atoms with Crippen LogP contribution in [0.2, 0.25) is 0 Å². The largest absolute Gasteiger partial charge is 0.322 e. The van der Waals surface area contributed by atoms with Crippen LogP contribution in [0.4, 0.5) is 0 Å². The Kier molecular flexibility index (Phi) is 3.95. The fourth-order valence-electron chi connectivity index (χ4n) is 1.81. The van der Waals surface area contributed by atoms with Gasteiger partial charge in [0.2, 0.25) is 0 Å². The van der Waals surface area contributed by atoms with Crippen molar-refractivity contribution >= 4 is 10.9 Å². The molecule has 0 saturated carbocycles. The van der Waals surface area contributed by atoms with Crippen LogP contribution in [0.25, 0.3) is 10.9 Å². The molecule has 3 heteroatoms. The van der Waals surface area contributed by atoms with Gasteiger partial charge in [-0.05, 0) is 31.4 Å². The molecule has 2 rings (SSSR count). The number of hydrogen-bond acceptors (Lipinski definition) is 2. The summed E-state index contributed by atoms with van der Waals surface area (Å²) in [5, 5.41) is 4.31. The van der Waals surface area contributed by atoms with E-state index in [0.717, 1.165) is 23.0 Å². The molecule has 0 radical (unpaired) electrons. The Morgan fingerprint density at radius 2 is 2.11 bits per heavy atom. The Morgan fingerprint density at radius 3 is 2.89 bits per heavy atom. The van der Waals surface area contributed by atoms with E-state index < -0.39 is 0 Å². The van der Waals surface area contributed by atoms with E-state index >= 15 is 0 Å². The highest BCUT2D eigenvalue weighted by atomic mass is 16.1. The van der Waals surface area contributed by atoms with E-state index in [0.29, 0.717) is 6.54 Å². The first-order chi connectivity index (χ1) is 8.66. The van der Waals surface area contributed by atoms with Crippen molar-refractivity contribution in [3.05, 3.63) is 57.9 Å². The fraction of sp³-hybridized carbons (Fsp3) is 0.267. The molecule has 94 valence electrons. The van der Waals surface area contributed by atoms with Crippen molar-refractivity contribution in [3.63, 3.8) is 0 Å². The van der Waals surface area contributed by atoms with Crippen LogP contribution in [-0.4, -0.2) is 11.5 Å². The minimum atomic E-state index is -0.0154. The van der Waals surface area contributed by atoms with E-state index in [1.165, 1.54) is 5.57 Å². The molecule has 0 bridgehead atoms. The van der Waals surface area contributed by atoms with Crippen molar-refractivity contribution in [2.45, 2.75) is 20.4 Å². The second kappa shape index (κ2) is 5.65. The third kappa shape index (κ3) is 3.08. The molecule has 2 N–H and O–H groups in total. The molecular formula is C15H18N2O. The summed E-state index contributed by atoms with van der Waals surface area (Å²) >= 11 is 0. The Morgan fingerprint density at radius 1 is 1.33 bits per heavy atom. The number of fused-ring (bicyclic) bond motifs is 1. The molecule has 0 saturated heterocycles. The predicted octanol–water partition coefficient (Wildman–Crippen LogP) is 2.58. The number of benzene rings is 1. The smallest absolute Gasteiger partial charge is 0.252 e. The first kappa shape index (κ1) is 12.6. The van der Waals surface area contributed by atoms with E-state index in [9.17, 15) is 4.79 Å². The summed E-state index contributed by atoms with van der Waals surface area (Å²) in [7, 11) is 0. The molecule has 3 nitrogen and oxygen atoms in total. The Balaban J connectivity index is 2.16. The van der Waals surface area contributed by atoms with Crippen LogP contribution in [0, 0.1) is 0 Å². The summed E-state index contributed by atoms with van der Waals surface area (Å²) in [5.41, 5.74) is 2.92. The van der Waals surface area contributed by atoms with Crippen LogP contribution in [-0.2, 0) is 6.54 Å². The van der Waals surface area contributed by atoms with Crippen molar-refractivity contribution in [2.75, 3.05) is 6.54 Å². The van der Waals surface area contributed by atoms with Crippen LogP contribution in [0.3, 0.4) is 0 Å². The van der Waals surface area contributed by atoms with Crippen molar-refractivity contribution < 1.29 is 0 Å². The number of pyridine rings is 1. The van der Waals surface area contributed by atoms with Crippen molar-refractivity contribution in [1.82, 2.24) is 10.3 Å². The highest BCUT2D eigenvalue weighted by molar-refractivity contribution is 5.78. The van der Waals surface area contributed by atoms with E-state index in [1.807, 2.05) is 30.3 Å². The molecule has 2 aromatic rings. The zero-order chi connectivity index (χ0) is 13.0. The van der Waals surface area contributed by atoms with E-state index in [1.54, 1.807) is 0 Å². The van der Waals surface area contributed by atoms with Crippen LogP contribution in [0.5, 0.6) is 0 Å². The summed E-state index contributed by atoms with van der Waals surface area (Å²) in [4.78, 5) is 14.7. The number of hydrogen-bond donors (Lipinski definition) is 2. The standard InChI is InChI=1S/C15H18N2O/c1-11(2)7-8-16-10-13-9-12-5-3-4-6-14(12)17-15(13)18/h3-7,9,16H,8,10H2,1-2H3,(H,17,18). The second-order valence-electron chi connectivity index (χ2n) is 4.62. The minimum Gasteiger partial charge on any atom is -0.322 e. The lowest BCUT2D eigenvalue weighted by molar-refractivity contribution is 0.750. The van der Waals surface area contributed by atoms with Gasteiger partial charge in [0.1, 0.15) is 0 Å². The molecule has 0 aliphatic rings. The zero-order valence-corrected chi connectivity index (χ0v) is 10.8. The number of para-hydroxylation sites is 1. The van der Waals surface area contributed by atoms with Gasteiger partial charge >= 0.3 is 0 Å². The zero-order valence-electron chi connectivity index (χ0n) is 10.8. The normalized spacial score (nSPS) is 10.6. The topological polar surface area (TPSA) is 44.9 Å². The van der Waals surface area contributed by atoms with Crippen LogP contribution in [0.15, 0.2) is 46.8 Å². The number of nitrogens with one attached hydrogen (secondary N) is 2. The lowest BCUT2D eigenvalue weighted by atomic mass is 10.1. The first-order valence-corrected chi connectivity index (χ1v) is 6.12. The molecule has 0 atom stereocenters. The third-order valence-corrected chi connectivity index (χ3v) is 2.80. The molecule has 0 amide bonds. The number of H-pyrrole nitrogens is 1. The molecule has 0 fully saturated rings. The van der Waals surface area contributed by atoms with Gasteiger partial charge in [0.05, 0.1) is 0 Å². The lowest BCUT2D eigenvalue weighted by Gasteiger charge is -2.04. The third-order valence-electron chi connectivity index (χ3n) is 2.80. The van der Waals surface area contributed by atoms with Crippen LogP contribution < -0.4 is 10.9 Å². The van der Waals surface area contributed by atoms with Gasteiger partial charge in [-0.2, -0.15) is 0 Å². The Hall–Kier alpha value is -1.87. The van der Waals surface area contributed by atoms with Gasteiger partial charge in [-0.25, -0.2) is 0 Å². The van der Waals surface area contributed by atoms with Gasteiger partial charge < -0.3 is 10.3 Å². The van der Waals surface area contributed by atoms with Gasteiger partial charge in [-0.1, -0.05) is 29.8 Å². The number of aromatic amines is 1. The van der Waals surface area contributed by atoms with Crippen molar-refractivity contribution in [1.29, 1.82) is 0 Å². The number of aromatic nitrogens is 1. The van der Waals surface area contributed by atoms with E-state index in [4.69, 9.17) is 0 Å². The summed E-state index contributed by atoms with van der Waals surface area (Å²) in [5.74, 6) is 0. The molecule has 0 aliphatic carbocycles. The summed E-state index contributed by atoms with van der Waals surface area (Å²) < 4.78 is 0. The first-order valence-electron chi connectivity index (χ1n) is 6.12. The molecule has 0 spiro atoms. The van der Waals surface area contributed by atoms with Crippen molar-refractivity contribution in [3.8, 4) is 0 Å². The fourth-order valence-corrected chi connectivity index (χ4v) is 1.81. The molecule has 18 heavy (non-hydrogen) atoms. The molecule has 0 aliphatic heterocycles. The van der Waals surface area contributed by atoms with Crippen molar-refractivity contribution in [2.24, 2.45) is 0 Å². The van der Waals surface area contributed by atoms with Gasteiger partial charge in [0, 0.05) is 24.2 Å². The van der Waals surface area contributed by atoms with E-state index in [-0.39, 0.29) is 5.56 Å². The predicted molar refractivity (Wildman–Crippen MR) is 75.7 cm³/mol. The summed E-state index contributed by atoms with van der Waals surface area (Å²) in [6.07, 6.45) is 2.11. The quantitative estimate of drug-likeness (QED) is 0.639. The number of rotatable bonds is 4. The average molecular weight is 242 g/mol. The molecule has 1 aromatic heterocycles. The monoisotopic (exact) mass is 242 g/mol. The summed E-state index contributed by atoms with van der Waals surface area (Å²) in [6.45, 7) is 5.49. The highest BCUT2D eigenvalue weighted by Gasteiger charge is 2.01. The van der Waals surface area contributed by atoms with Gasteiger partial charge in [0.25, 0.3) is 5.56 Å². The molecule has 1 aromatic carbocycles. The molecule has 0 unspecified atom stereocenters. The van der Waals surface area contributed by atoms with Gasteiger partial charge in [-0.15, -0.1) is 0 Å². The number of allylic oxidation sites excluding steroid dienone is 1. The lowest BCUT2D eigenvalue weighted by Crippen LogP contribution is -2.21. The Bertz CT molecular complexity index is 622. The molecule has 1 heterocycles. The maximum atomic E-state index is 11.9. The SMILES string of the molecule is CC(C)=CCNCc1cc2ccccc2[nH]c1=O. The second-order valence-corrected chi connectivity index (χ2v) is 4.62.